The number of ketones is 1. The minimum absolute atomic E-state index is 0.0482. The highest BCUT2D eigenvalue weighted by Gasteiger charge is 2.47. The number of carbonyl (C=O) groups excluding carboxylic acids is 1. The zero-order valence-electron chi connectivity index (χ0n) is 19.8. The number of rotatable bonds is 9. The van der Waals surface area contributed by atoms with E-state index in [-0.39, 0.29) is 28.9 Å². The Hall–Kier alpha value is -2.51. The van der Waals surface area contributed by atoms with Crippen molar-refractivity contribution >= 4 is 16.6 Å². The molecule has 1 saturated heterocycles. The highest BCUT2D eigenvalue weighted by molar-refractivity contribution is 6.08. The molecule has 0 aromatic heterocycles. The molecule has 0 amide bonds. The number of fused-ring (bicyclic) bond motifs is 1. The average Bonchev–Trinajstić information content (AvgIpc) is 2.81. The molecule has 0 unspecified atom stereocenters. The Morgan fingerprint density at radius 2 is 1.86 bits per heavy atom. The standard InChI is InChI=1S/C24H33NO10/c1-10-7-12-13(9-26)15(33-3)8-16(18(12)19(29)17(10)11(2)27)34-24-22(32)20(30)21(31)23(35-24)14(28)5-4-6-25/h7-8,14,20-24,26,28-32H,4-6,9,25H2,1-3H3/t14-,20+,21+,22-,23-,24+/m1/s1. The Labute approximate surface area is 202 Å². The van der Waals surface area contributed by atoms with Crippen molar-refractivity contribution in [1.82, 2.24) is 0 Å². The Morgan fingerprint density at radius 1 is 1.17 bits per heavy atom. The van der Waals surface area contributed by atoms with Gasteiger partial charge in [0, 0.05) is 11.6 Å². The fourth-order valence-electron chi connectivity index (χ4n) is 4.49. The fraction of sp³-hybridized carbons (Fsp3) is 0.542. The highest BCUT2D eigenvalue weighted by Crippen LogP contribution is 2.44. The number of phenols is 1. The molecule has 3 rings (SSSR count). The molecule has 11 heteroatoms. The number of Topliss-reactive ketones (excluding diaryl/α,β-unsaturated/α-hetero) is 1. The van der Waals surface area contributed by atoms with Crippen LogP contribution in [0.2, 0.25) is 0 Å². The average molecular weight is 496 g/mol. The van der Waals surface area contributed by atoms with Gasteiger partial charge in [-0.25, -0.2) is 0 Å². The normalized spacial score (nSPS) is 25.5. The lowest BCUT2D eigenvalue weighted by molar-refractivity contribution is -0.288. The Kier molecular flexibility index (Phi) is 8.54. The van der Waals surface area contributed by atoms with Gasteiger partial charge in [-0.05, 0) is 50.2 Å². The zero-order chi connectivity index (χ0) is 26.0. The summed E-state index contributed by atoms with van der Waals surface area (Å²) >= 11 is 0. The van der Waals surface area contributed by atoms with E-state index in [4.69, 9.17) is 19.9 Å². The summed E-state index contributed by atoms with van der Waals surface area (Å²) in [6, 6.07) is 2.95. The number of carbonyl (C=O) groups is 1. The van der Waals surface area contributed by atoms with Gasteiger partial charge in [0.05, 0.1) is 30.8 Å². The first-order valence-electron chi connectivity index (χ1n) is 11.3. The second kappa shape index (κ2) is 11.0. The van der Waals surface area contributed by atoms with E-state index in [1.165, 1.54) is 20.1 Å². The van der Waals surface area contributed by atoms with Gasteiger partial charge in [-0.2, -0.15) is 0 Å². The maximum Gasteiger partial charge on any atom is 0.229 e. The maximum atomic E-state index is 12.2. The molecule has 35 heavy (non-hydrogen) atoms. The molecule has 11 nitrogen and oxygen atoms in total. The Morgan fingerprint density at radius 3 is 2.43 bits per heavy atom. The SMILES string of the molecule is COc1cc(O[C@H]2O[C@H]([C@H](O)CCCN)[C@@H](O)[C@H](O)[C@H]2O)c2c(O)c(C(C)=O)c(C)cc2c1CO. The summed E-state index contributed by atoms with van der Waals surface area (Å²) in [6.45, 7) is 2.78. The monoisotopic (exact) mass is 495 g/mol. The molecule has 2 aromatic carbocycles. The number of hydrogen-bond donors (Lipinski definition) is 7. The van der Waals surface area contributed by atoms with Crippen LogP contribution in [0.4, 0.5) is 0 Å². The van der Waals surface area contributed by atoms with Crippen molar-refractivity contribution in [2.24, 2.45) is 5.73 Å². The van der Waals surface area contributed by atoms with E-state index in [1.807, 2.05) is 0 Å². The molecular weight excluding hydrogens is 462 g/mol. The van der Waals surface area contributed by atoms with Crippen LogP contribution in [0, 0.1) is 6.92 Å². The van der Waals surface area contributed by atoms with Gasteiger partial charge in [0.1, 0.15) is 41.7 Å². The predicted molar refractivity (Wildman–Crippen MR) is 124 cm³/mol. The van der Waals surface area contributed by atoms with Crippen molar-refractivity contribution in [3.05, 3.63) is 28.8 Å². The molecule has 0 spiro atoms. The largest absolute Gasteiger partial charge is 0.506 e. The van der Waals surface area contributed by atoms with Gasteiger partial charge in [0.15, 0.2) is 5.78 Å². The van der Waals surface area contributed by atoms with Crippen molar-refractivity contribution in [2.75, 3.05) is 13.7 Å². The number of nitrogens with two attached hydrogens (primary N) is 1. The van der Waals surface area contributed by atoms with Crippen molar-refractivity contribution in [2.45, 2.75) is 70.1 Å². The summed E-state index contributed by atoms with van der Waals surface area (Å²) in [5.41, 5.74) is 6.32. The van der Waals surface area contributed by atoms with Crippen LogP contribution in [-0.4, -0.2) is 86.9 Å². The van der Waals surface area contributed by atoms with Crippen LogP contribution in [-0.2, 0) is 11.3 Å². The van der Waals surface area contributed by atoms with Crippen molar-refractivity contribution in [3.8, 4) is 17.2 Å². The number of aliphatic hydroxyl groups excluding tert-OH is 5. The van der Waals surface area contributed by atoms with E-state index in [9.17, 15) is 35.4 Å². The van der Waals surface area contributed by atoms with E-state index in [1.54, 1.807) is 13.0 Å². The quantitative estimate of drug-likeness (QED) is 0.229. The molecule has 6 atom stereocenters. The van der Waals surface area contributed by atoms with Gasteiger partial charge in [0.25, 0.3) is 0 Å². The molecule has 1 aliphatic rings. The van der Waals surface area contributed by atoms with Crippen molar-refractivity contribution in [1.29, 1.82) is 0 Å². The first kappa shape index (κ1) is 27.1. The highest BCUT2D eigenvalue weighted by atomic mass is 16.7. The summed E-state index contributed by atoms with van der Waals surface area (Å²) in [5.74, 6) is -0.665. The summed E-state index contributed by atoms with van der Waals surface area (Å²) in [4.78, 5) is 12.2. The molecule has 2 aromatic rings. The van der Waals surface area contributed by atoms with Crippen LogP contribution >= 0.6 is 0 Å². The van der Waals surface area contributed by atoms with Crippen LogP contribution in [0.25, 0.3) is 10.8 Å². The molecular formula is C24H33NO10. The molecule has 1 aliphatic heterocycles. The lowest BCUT2D eigenvalue weighted by Crippen LogP contribution is -2.62. The minimum atomic E-state index is -1.72. The number of phenolic OH excluding ortho intramolecular Hbond substituents is 1. The van der Waals surface area contributed by atoms with E-state index >= 15 is 0 Å². The third kappa shape index (κ3) is 5.07. The predicted octanol–water partition coefficient (Wildman–Crippen LogP) is -0.156. The number of aryl methyl sites for hydroxylation is 1. The van der Waals surface area contributed by atoms with Gasteiger partial charge < -0.3 is 50.6 Å². The topological polar surface area (TPSA) is 192 Å². The lowest BCUT2D eigenvalue weighted by Gasteiger charge is -2.42. The van der Waals surface area contributed by atoms with E-state index in [0.717, 1.165) is 0 Å². The summed E-state index contributed by atoms with van der Waals surface area (Å²) in [6.07, 6.45) is -8.48. The molecule has 0 saturated carbocycles. The minimum Gasteiger partial charge on any atom is -0.506 e. The second-order valence-electron chi connectivity index (χ2n) is 8.67. The maximum absolute atomic E-state index is 12.2. The van der Waals surface area contributed by atoms with E-state index in [2.05, 4.69) is 0 Å². The number of hydrogen-bond acceptors (Lipinski definition) is 11. The molecule has 8 N–H and O–H groups in total. The molecule has 194 valence electrons. The molecule has 0 bridgehead atoms. The second-order valence-corrected chi connectivity index (χ2v) is 8.67. The number of aromatic hydroxyl groups is 1. The van der Waals surface area contributed by atoms with Gasteiger partial charge in [-0.1, -0.05) is 0 Å². The third-order valence-corrected chi connectivity index (χ3v) is 6.29. The van der Waals surface area contributed by atoms with Gasteiger partial charge >= 0.3 is 0 Å². The Balaban J connectivity index is 2.13. The van der Waals surface area contributed by atoms with E-state index < -0.39 is 54.9 Å². The lowest BCUT2D eigenvalue weighted by atomic mass is 9.93. The first-order valence-corrected chi connectivity index (χ1v) is 11.3. The summed E-state index contributed by atoms with van der Waals surface area (Å²) in [5, 5.41) is 63.1. The fourth-order valence-corrected chi connectivity index (χ4v) is 4.49. The molecule has 1 heterocycles. The smallest absolute Gasteiger partial charge is 0.229 e. The number of ether oxygens (including phenoxy) is 3. The Bertz CT molecular complexity index is 1070. The van der Waals surface area contributed by atoms with Crippen LogP contribution in [0.3, 0.4) is 0 Å². The summed E-state index contributed by atoms with van der Waals surface area (Å²) in [7, 11) is 1.37. The van der Waals surface area contributed by atoms with Crippen LogP contribution in [0.15, 0.2) is 12.1 Å². The molecule has 1 fully saturated rings. The van der Waals surface area contributed by atoms with Gasteiger partial charge in [-0.3, -0.25) is 4.79 Å². The number of methoxy groups -OCH3 is 1. The summed E-state index contributed by atoms with van der Waals surface area (Å²) < 4.78 is 16.9. The van der Waals surface area contributed by atoms with E-state index in [0.29, 0.717) is 29.5 Å². The van der Waals surface area contributed by atoms with Crippen LogP contribution in [0.1, 0.15) is 41.3 Å². The van der Waals surface area contributed by atoms with Crippen LogP contribution < -0.4 is 15.2 Å². The molecule has 0 radical (unpaired) electrons. The first-order chi connectivity index (χ1) is 16.6. The van der Waals surface area contributed by atoms with Gasteiger partial charge in [-0.15, -0.1) is 0 Å². The zero-order valence-corrected chi connectivity index (χ0v) is 19.8. The van der Waals surface area contributed by atoms with Gasteiger partial charge in [0.2, 0.25) is 6.29 Å². The third-order valence-electron chi connectivity index (χ3n) is 6.29. The number of aliphatic hydroxyl groups is 5. The number of benzene rings is 2. The van der Waals surface area contributed by atoms with Crippen molar-refractivity contribution < 1.29 is 49.6 Å². The molecule has 0 aliphatic carbocycles. The van der Waals surface area contributed by atoms with Crippen molar-refractivity contribution in [3.63, 3.8) is 0 Å². The van der Waals surface area contributed by atoms with Crippen LogP contribution in [0.5, 0.6) is 17.2 Å².